The quantitative estimate of drug-likeness (QED) is 0.259. The molecule has 11 heteroatoms. The van der Waals surface area contributed by atoms with Gasteiger partial charge in [-0.1, -0.05) is 54.1 Å². The van der Waals surface area contributed by atoms with Crippen molar-refractivity contribution in [3.8, 4) is 11.1 Å². The third-order valence-corrected chi connectivity index (χ3v) is 7.90. The summed E-state index contributed by atoms with van der Waals surface area (Å²) in [5.41, 5.74) is 3.90. The van der Waals surface area contributed by atoms with Crippen LogP contribution in [0.4, 0.5) is 18.9 Å². The van der Waals surface area contributed by atoms with Gasteiger partial charge >= 0.3 is 6.18 Å². The summed E-state index contributed by atoms with van der Waals surface area (Å²) in [7, 11) is -3.85. The van der Waals surface area contributed by atoms with Crippen LogP contribution < -0.4 is 5.73 Å². The van der Waals surface area contributed by atoms with Crippen molar-refractivity contribution in [2.45, 2.75) is 23.1 Å². The van der Waals surface area contributed by atoms with Crippen LogP contribution in [0.1, 0.15) is 16.7 Å². The number of sulfone groups is 1. The predicted octanol–water partition coefficient (Wildman–Crippen LogP) is 4.12. The van der Waals surface area contributed by atoms with Crippen molar-refractivity contribution in [2.24, 2.45) is 10.7 Å². The molecule has 184 valence electrons. The van der Waals surface area contributed by atoms with Gasteiger partial charge in [0.1, 0.15) is 5.84 Å². The summed E-state index contributed by atoms with van der Waals surface area (Å²) in [6.07, 6.45) is -5.06. The molecule has 3 aromatic carbocycles. The molecule has 0 fully saturated rings. The fraction of sp³-hybridized carbons (Fsp3) is 0.208. The Balaban J connectivity index is 1.83. The molecule has 0 unspecified atom stereocenters. The van der Waals surface area contributed by atoms with E-state index in [1.165, 1.54) is 6.07 Å². The van der Waals surface area contributed by atoms with Crippen molar-refractivity contribution in [3.05, 3.63) is 82.4 Å². The second kappa shape index (κ2) is 8.94. The third-order valence-electron chi connectivity index (χ3n) is 5.90. The van der Waals surface area contributed by atoms with Crippen molar-refractivity contribution in [1.29, 1.82) is 0 Å². The zero-order valence-corrected chi connectivity index (χ0v) is 19.6. The minimum atomic E-state index is -5.23. The van der Waals surface area contributed by atoms with Gasteiger partial charge in [0.2, 0.25) is 5.60 Å². The molecule has 1 atom stereocenters. The van der Waals surface area contributed by atoms with Crippen LogP contribution in [0.5, 0.6) is 0 Å². The first-order valence-corrected chi connectivity index (χ1v) is 12.4. The highest BCUT2D eigenvalue weighted by Gasteiger charge is 2.59. The van der Waals surface area contributed by atoms with E-state index in [9.17, 15) is 26.7 Å². The monoisotopic (exact) mass is 524 g/mol. The highest BCUT2D eigenvalue weighted by molar-refractivity contribution is 7.91. The number of aliphatic imine (C=N–C) groups is 1. The number of halogens is 4. The molecule has 0 saturated heterocycles. The molecular formula is C24H20ClF3N2O4S. The number of hydrogen-bond donors (Lipinski definition) is 3. The van der Waals surface area contributed by atoms with Crippen LogP contribution >= 0.6 is 11.6 Å². The molecule has 0 radical (unpaired) electrons. The highest BCUT2D eigenvalue weighted by atomic mass is 35.5. The van der Waals surface area contributed by atoms with Crippen LogP contribution in [0, 0.1) is 0 Å². The molecule has 35 heavy (non-hydrogen) atoms. The Morgan fingerprint density at radius 2 is 1.74 bits per heavy atom. The zero-order chi connectivity index (χ0) is 25.6. The molecule has 0 heterocycles. The molecule has 6 nitrogen and oxygen atoms in total. The number of nitrogens with two attached hydrogens (primary N) is 1. The SMILES string of the molecule is NC(=Nc1ccc(S(=O)(=O)CCO)cc1Cl)[C@](O)(c1cccc2c1Cc1ccccc1-2)C(F)(F)F. The van der Waals surface area contributed by atoms with Gasteiger partial charge in [-0.3, -0.25) is 0 Å². The van der Waals surface area contributed by atoms with Gasteiger partial charge in [-0.05, 0) is 46.9 Å². The van der Waals surface area contributed by atoms with Crippen LogP contribution in [0.2, 0.25) is 5.02 Å². The van der Waals surface area contributed by atoms with Gasteiger partial charge in [-0.25, -0.2) is 13.4 Å². The normalized spacial score (nSPS) is 15.4. The van der Waals surface area contributed by atoms with E-state index < -0.39 is 45.4 Å². The first kappa shape index (κ1) is 25.2. The number of hydrogen-bond acceptors (Lipinski definition) is 5. The maximum absolute atomic E-state index is 14.4. The maximum atomic E-state index is 14.4. The molecule has 4 rings (SSSR count). The second-order valence-corrected chi connectivity index (χ2v) is 10.5. The predicted molar refractivity (Wildman–Crippen MR) is 127 cm³/mol. The lowest BCUT2D eigenvalue weighted by Crippen LogP contribution is -2.53. The number of rotatable bonds is 6. The first-order valence-electron chi connectivity index (χ1n) is 10.4. The van der Waals surface area contributed by atoms with Crippen LogP contribution in [0.3, 0.4) is 0 Å². The van der Waals surface area contributed by atoms with Gasteiger partial charge in [-0.2, -0.15) is 13.2 Å². The van der Waals surface area contributed by atoms with Crippen LogP contribution in [0.15, 0.2) is 70.6 Å². The lowest BCUT2D eigenvalue weighted by Gasteiger charge is -2.32. The summed E-state index contributed by atoms with van der Waals surface area (Å²) in [4.78, 5) is 3.53. The number of fused-ring (bicyclic) bond motifs is 3. The molecule has 3 aromatic rings. The Bertz CT molecular complexity index is 1440. The van der Waals surface area contributed by atoms with Crippen LogP contribution in [-0.2, 0) is 21.9 Å². The topological polar surface area (TPSA) is 113 Å². The second-order valence-electron chi connectivity index (χ2n) is 8.03. The maximum Gasteiger partial charge on any atom is 0.428 e. The Labute approximate surface area is 204 Å². The Hall–Kier alpha value is -2.92. The molecule has 4 N–H and O–H groups in total. The Morgan fingerprint density at radius 1 is 1.06 bits per heavy atom. The summed E-state index contributed by atoms with van der Waals surface area (Å²) in [5, 5.41) is 19.7. The van der Waals surface area contributed by atoms with Crippen molar-refractivity contribution in [3.63, 3.8) is 0 Å². The zero-order valence-electron chi connectivity index (χ0n) is 18.1. The highest BCUT2D eigenvalue weighted by Crippen LogP contribution is 2.47. The van der Waals surface area contributed by atoms with Crippen molar-refractivity contribution < 1.29 is 31.8 Å². The van der Waals surface area contributed by atoms with Crippen molar-refractivity contribution in [2.75, 3.05) is 12.4 Å². The fourth-order valence-electron chi connectivity index (χ4n) is 4.15. The molecule has 0 saturated carbocycles. The van der Waals surface area contributed by atoms with Gasteiger partial charge in [0.05, 0.1) is 28.0 Å². The summed E-state index contributed by atoms with van der Waals surface area (Å²) in [6, 6.07) is 14.6. The van der Waals surface area contributed by atoms with Gasteiger partial charge in [0.15, 0.2) is 9.84 Å². The van der Waals surface area contributed by atoms with Gasteiger partial charge in [-0.15, -0.1) is 0 Å². The molecule has 0 amide bonds. The Kier molecular flexibility index (Phi) is 6.43. The van der Waals surface area contributed by atoms with E-state index in [1.54, 1.807) is 30.3 Å². The third kappa shape index (κ3) is 4.31. The average Bonchev–Trinajstić information content (AvgIpc) is 3.17. The molecule has 1 aliphatic rings. The fourth-order valence-corrected chi connectivity index (χ4v) is 5.49. The largest absolute Gasteiger partial charge is 0.428 e. The summed E-state index contributed by atoms with van der Waals surface area (Å²) in [5.74, 6) is -1.72. The van der Waals surface area contributed by atoms with E-state index in [2.05, 4.69) is 4.99 Å². The minimum absolute atomic E-state index is 0.172. The molecule has 1 aliphatic carbocycles. The molecule has 0 bridgehead atoms. The first-order chi connectivity index (χ1) is 16.4. The number of benzene rings is 3. The molecule has 0 aliphatic heterocycles. The van der Waals surface area contributed by atoms with E-state index in [4.69, 9.17) is 22.4 Å². The van der Waals surface area contributed by atoms with E-state index in [-0.39, 0.29) is 27.6 Å². The molecular weight excluding hydrogens is 505 g/mol. The van der Waals surface area contributed by atoms with Gasteiger partial charge in [0.25, 0.3) is 0 Å². The van der Waals surface area contributed by atoms with E-state index in [0.717, 1.165) is 35.4 Å². The Morgan fingerprint density at radius 3 is 2.40 bits per heavy atom. The van der Waals surface area contributed by atoms with E-state index >= 15 is 0 Å². The van der Waals surface area contributed by atoms with Crippen molar-refractivity contribution >= 4 is 33.0 Å². The minimum Gasteiger partial charge on any atom is -0.395 e. The van der Waals surface area contributed by atoms with Crippen LogP contribution in [-0.4, -0.2) is 43.0 Å². The summed E-state index contributed by atoms with van der Waals surface area (Å²) >= 11 is 6.09. The summed E-state index contributed by atoms with van der Waals surface area (Å²) in [6.45, 7) is -0.614. The van der Waals surface area contributed by atoms with Crippen molar-refractivity contribution in [1.82, 2.24) is 0 Å². The lowest BCUT2D eigenvalue weighted by molar-refractivity contribution is -0.236. The number of nitrogens with zero attached hydrogens (tertiary/aromatic N) is 1. The van der Waals surface area contributed by atoms with Gasteiger partial charge in [0, 0.05) is 5.56 Å². The smallest absolute Gasteiger partial charge is 0.395 e. The number of aliphatic hydroxyl groups is 2. The summed E-state index contributed by atoms with van der Waals surface area (Å²) < 4.78 is 67.5. The van der Waals surface area contributed by atoms with E-state index in [1.807, 2.05) is 0 Å². The number of aliphatic hydroxyl groups excluding tert-OH is 1. The van der Waals surface area contributed by atoms with Gasteiger partial charge < -0.3 is 15.9 Å². The lowest BCUT2D eigenvalue weighted by atomic mass is 9.86. The van der Waals surface area contributed by atoms with Crippen LogP contribution in [0.25, 0.3) is 11.1 Å². The molecule has 0 spiro atoms. The molecule has 0 aromatic heterocycles. The number of alkyl halides is 3. The average molecular weight is 525 g/mol. The van der Waals surface area contributed by atoms with E-state index in [0.29, 0.717) is 5.56 Å². The number of amidine groups is 1. The standard InChI is InChI=1S/C24H20ClF3N2O4S/c25-20-13-15(35(33,34)11-10-31)8-9-21(20)30-22(29)23(32,24(26,27)28)19-7-3-6-17-16-5-2-1-4-14(16)12-18(17)19/h1-9,13,31-32H,10-12H2,(H2,29,30)/t23-/m1/s1.